The molecule has 2 fully saturated rings. The topological polar surface area (TPSA) is 152 Å². The molecule has 2 saturated heterocycles. The summed E-state index contributed by atoms with van der Waals surface area (Å²) < 4.78 is 18.3. The molecule has 5 aromatic rings. The summed E-state index contributed by atoms with van der Waals surface area (Å²) in [7, 11) is 0. The largest absolute Gasteiger partial charge is 0.478 e. The van der Waals surface area contributed by atoms with Crippen molar-refractivity contribution in [3.8, 4) is 11.1 Å². The van der Waals surface area contributed by atoms with Crippen LogP contribution in [0.2, 0.25) is 0 Å². The van der Waals surface area contributed by atoms with Crippen molar-refractivity contribution in [2.24, 2.45) is 0 Å². The van der Waals surface area contributed by atoms with E-state index in [9.17, 15) is 29.4 Å². The van der Waals surface area contributed by atoms with Crippen molar-refractivity contribution in [3.05, 3.63) is 161 Å². The molecule has 0 bridgehead atoms. The molecule has 2 aliphatic rings. The van der Waals surface area contributed by atoms with Crippen LogP contribution < -0.4 is 5.32 Å². The lowest BCUT2D eigenvalue weighted by Crippen LogP contribution is -2.41. The summed E-state index contributed by atoms with van der Waals surface area (Å²) >= 11 is 1.58. The first-order valence-corrected chi connectivity index (χ1v) is 19.2. The van der Waals surface area contributed by atoms with Crippen molar-refractivity contribution in [1.82, 2.24) is 10.2 Å². The molecule has 7 rings (SSSR count). The van der Waals surface area contributed by atoms with Crippen LogP contribution >= 0.6 is 11.8 Å². The van der Waals surface area contributed by atoms with E-state index in [1.54, 1.807) is 36.0 Å². The lowest BCUT2D eigenvalue weighted by atomic mass is 9.97. The summed E-state index contributed by atoms with van der Waals surface area (Å²) in [6.45, 7) is 0.0282. The van der Waals surface area contributed by atoms with E-state index < -0.39 is 30.3 Å². The highest BCUT2D eigenvalue weighted by molar-refractivity contribution is 7.99. The number of imide groups is 1. The minimum atomic E-state index is -1.01. The average molecular weight is 773 g/mol. The molecule has 4 atom stereocenters. The molecule has 0 aliphatic carbocycles. The first-order valence-electron chi connectivity index (χ1n) is 18.2. The quantitative estimate of drug-likeness (QED) is 0.0814. The van der Waals surface area contributed by atoms with Gasteiger partial charge >= 0.3 is 12.1 Å². The Balaban J connectivity index is 1.03. The number of ether oxygens (including phenoxy) is 3. The monoisotopic (exact) mass is 772 g/mol. The molecule has 0 radical (unpaired) electrons. The normalized spacial score (nSPS) is 19.5. The summed E-state index contributed by atoms with van der Waals surface area (Å²) in [6, 6.07) is 37.9. The third-order valence-corrected chi connectivity index (χ3v) is 10.9. The number of hydrogen-bond donors (Lipinski definition) is 3. The van der Waals surface area contributed by atoms with E-state index in [4.69, 9.17) is 14.2 Å². The van der Waals surface area contributed by atoms with Crippen molar-refractivity contribution >= 4 is 35.6 Å². The second-order valence-electron chi connectivity index (χ2n) is 13.6. The first kappa shape index (κ1) is 38.5. The van der Waals surface area contributed by atoms with Gasteiger partial charge in [-0.05, 0) is 57.6 Å². The number of aliphatic hydroxyl groups excluding tert-OH is 1. The lowest BCUT2D eigenvalue weighted by molar-refractivity contribution is -0.245. The highest BCUT2D eigenvalue weighted by Gasteiger charge is 2.40. The number of aromatic carboxylic acids is 1. The van der Waals surface area contributed by atoms with Crippen molar-refractivity contribution in [3.63, 3.8) is 0 Å². The SMILES string of the molecule is O=C(NC1CC(=O)N(Cc2ccccc2-c2ccc([C@H]3O[C@@H](CSc4ccc(C(=O)O)cc4)C[C@@H](c4ccc(CO)cc4)O3)cc2)C1=O)OCc1ccccc1. The smallest absolute Gasteiger partial charge is 0.408 e. The first-order chi connectivity index (χ1) is 27.2. The predicted octanol–water partition coefficient (Wildman–Crippen LogP) is 7.44. The molecular weight excluding hydrogens is 733 g/mol. The Kier molecular flexibility index (Phi) is 12.2. The molecule has 3 amide bonds. The highest BCUT2D eigenvalue weighted by Crippen LogP contribution is 2.40. The summed E-state index contributed by atoms with van der Waals surface area (Å²) in [6.07, 6.45) is -1.47. The Hall–Kier alpha value is -5.79. The minimum absolute atomic E-state index is 0.0385. The third-order valence-electron chi connectivity index (χ3n) is 9.74. The van der Waals surface area contributed by atoms with Crippen LogP contribution in [0.3, 0.4) is 0 Å². The van der Waals surface area contributed by atoms with E-state index >= 15 is 0 Å². The van der Waals surface area contributed by atoms with Crippen molar-refractivity contribution < 1.29 is 43.6 Å². The molecule has 2 heterocycles. The zero-order valence-electron chi connectivity index (χ0n) is 30.3. The summed E-state index contributed by atoms with van der Waals surface area (Å²) in [5, 5.41) is 21.4. The fourth-order valence-electron chi connectivity index (χ4n) is 6.70. The average Bonchev–Trinajstić information content (AvgIpc) is 3.49. The Morgan fingerprint density at radius 2 is 1.50 bits per heavy atom. The van der Waals surface area contributed by atoms with E-state index in [-0.39, 0.29) is 49.9 Å². The van der Waals surface area contributed by atoms with E-state index in [1.165, 1.54) is 4.90 Å². The number of hydrogen-bond acceptors (Lipinski definition) is 9. The molecule has 5 aromatic carbocycles. The molecule has 286 valence electrons. The number of thioether (sulfide) groups is 1. The third kappa shape index (κ3) is 9.35. The van der Waals surface area contributed by atoms with E-state index in [0.29, 0.717) is 12.2 Å². The number of nitrogens with zero attached hydrogens (tertiary/aromatic N) is 1. The number of nitrogens with one attached hydrogen (secondary N) is 1. The van der Waals surface area contributed by atoms with Gasteiger partial charge in [0.2, 0.25) is 5.91 Å². The van der Waals surface area contributed by atoms with Crippen LogP contribution in [0.25, 0.3) is 11.1 Å². The lowest BCUT2D eigenvalue weighted by Gasteiger charge is -2.36. The number of benzene rings is 5. The molecule has 0 saturated carbocycles. The second kappa shape index (κ2) is 17.8. The number of carboxylic acids is 1. The number of carbonyl (C=O) groups excluding carboxylic acids is 3. The van der Waals surface area contributed by atoms with Gasteiger partial charge in [0.25, 0.3) is 5.91 Å². The predicted molar refractivity (Wildman–Crippen MR) is 208 cm³/mol. The van der Waals surface area contributed by atoms with E-state index in [2.05, 4.69) is 5.32 Å². The van der Waals surface area contributed by atoms with Gasteiger partial charge in [-0.1, -0.05) is 103 Å². The molecular formula is C44H40N2O9S. The number of aliphatic hydroxyl groups is 1. The van der Waals surface area contributed by atoms with E-state index in [0.717, 1.165) is 43.8 Å². The molecule has 11 nitrogen and oxygen atoms in total. The van der Waals surface area contributed by atoms with Crippen LogP contribution in [0, 0.1) is 0 Å². The maximum Gasteiger partial charge on any atom is 0.408 e. The van der Waals surface area contributed by atoms with Gasteiger partial charge in [-0.25, -0.2) is 9.59 Å². The van der Waals surface area contributed by atoms with Gasteiger partial charge in [0, 0.05) is 22.6 Å². The summed E-state index contributed by atoms with van der Waals surface area (Å²) in [5.41, 5.74) is 6.08. The van der Waals surface area contributed by atoms with Gasteiger partial charge in [0.15, 0.2) is 6.29 Å². The Bertz CT molecular complexity index is 2160. The molecule has 3 N–H and O–H groups in total. The maximum absolute atomic E-state index is 13.3. The molecule has 12 heteroatoms. The van der Waals surface area contributed by atoms with Gasteiger partial charge in [-0.15, -0.1) is 11.8 Å². The Labute approximate surface area is 328 Å². The zero-order chi connectivity index (χ0) is 39.0. The van der Waals surface area contributed by atoms with Crippen LogP contribution in [-0.4, -0.2) is 56.9 Å². The summed E-state index contributed by atoms with van der Waals surface area (Å²) in [4.78, 5) is 52.2. The van der Waals surface area contributed by atoms with E-state index in [1.807, 2.05) is 103 Å². The van der Waals surface area contributed by atoms with Gasteiger partial charge in [-0.2, -0.15) is 0 Å². The van der Waals surface area contributed by atoms with Gasteiger partial charge in [0.05, 0.1) is 37.3 Å². The number of carbonyl (C=O) groups is 4. The number of likely N-dealkylation sites (tertiary alicyclic amines) is 1. The summed E-state index contributed by atoms with van der Waals surface area (Å²) in [5.74, 6) is -1.23. The van der Waals surface area contributed by atoms with Crippen molar-refractivity contribution in [1.29, 1.82) is 0 Å². The highest BCUT2D eigenvalue weighted by atomic mass is 32.2. The molecule has 56 heavy (non-hydrogen) atoms. The number of alkyl carbamates (subject to hydrolysis) is 1. The van der Waals surface area contributed by atoms with Crippen LogP contribution in [0.1, 0.15) is 63.4 Å². The number of amides is 3. The van der Waals surface area contributed by atoms with Crippen molar-refractivity contribution in [2.75, 3.05) is 5.75 Å². The molecule has 0 aromatic heterocycles. The fourth-order valence-corrected chi connectivity index (χ4v) is 7.63. The maximum atomic E-state index is 13.3. The second-order valence-corrected chi connectivity index (χ2v) is 14.6. The van der Waals surface area contributed by atoms with Gasteiger partial charge < -0.3 is 29.7 Å². The molecule has 1 unspecified atom stereocenters. The Morgan fingerprint density at radius 1 is 0.804 bits per heavy atom. The zero-order valence-corrected chi connectivity index (χ0v) is 31.1. The minimum Gasteiger partial charge on any atom is -0.478 e. The van der Waals surface area contributed by atoms with Crippen molar-refractivity contribution in [2.45, 2.75) is 62.0 Å². The number of carboxylic acid groups (broad SMARTS) is 1. The van der Waals surface area contributed by atoms with Gasteiger partial charge in [-0.3, -0.25) is 14.5 Å². The van der Waals surface area contributed by atoms with Crippen LogP contribution in [0.5, 0.6) is 0 Å². The molecule has 2 aliphatic heterocycles. The standard InChI is InChI=1S/C44H40N2O9S/c47-25-28-10-12-31(13-11-28)39-22-35(27-56-36-20-18-32(19-21-36)42(50)51)54-43(55-39)33-16-14-30(15-17-33)37-9-5-4-8-34(37)24-46-40(48)23-38(41(46)49)45-44(52)53-26-29-6-2-1-3-7-29/h1-21,35,38-39,43,47H,22-27H2,(H,45,52)(H,50,51)/t35-,38?,39+,43+/m1/s1. The van der Waals surface area contributed by atoms with Crippen LogP contribution in [-0.2, 0) is 43.6 Å². The number of rotatable bonds is 13. The Morgan fingerprint density at radius 3 is 2.21 bits per heavy atom. The van der Waals surface area contributed by atoms with Crippen LogP contribution in [0.15, 0.2) is 132 Å². The fraction of sp³-hybridized carbons (Fsp3) is 0.227. The van der Waals surface area contributed by atoms with Gasteiger partial charge in [0.1, 0.15) is 12.6 Å². The van der Waals surface area contributed by atoms with Crippen LogP contribution in [0.4, 0.5) is 4.79 Å². The molecule has 0 spiro atoms.